The van der Waals surface area contributed by atoms with E-state index in [1.54, 1.807) is 24.1 Å². The molecule has 130 valence electrons. The van der Waals surface area contributed by atoms with Crippen LogP contribution in [0.4, 0.5) is 14.6 Å². The molecule has 0 aromatic carbocycles. The number of carbonyl (C=O) groups is 1. The fraction of sp³-hybridized carbons (Fsp3) is 0.688. The average Bonchev–Trinajstić information content (AvgIpc) is 2.94. The maximum atomic E-state index is 13.7. The van der Waals surface area contributed by atoms with E-state index in [0.29, 0.717) is 24.8 Å². The smallest absolute Gasteiger partial charge is 0.263 e. The van der Waals surface area contributed by atoms with Gasteiger partial charge in [-0.3, -0.25) is 4.79 Å². The number of hydrogen-bond donors (Lipinski definition) is 1. The second-order valence-electron chi connectivity index (χ2n) is 7.15. The number of rotatable bonds is 4. The van der Waals surface area contributed by atoms with E-state index < -0.39 is 11.3 Å². The normalized spacial score (nSPS) is 36.0. The molecule has 1 amide bonds. The summed E-state index contributed by atoms with van der Waals surface area (Å²) >= 11 is 5.78. The average molecular weight is 357 g/mol. The van der Waals surface area contributed by atoms with E-state index in [2.05, 4.69) is 15.3 Å². The zero-order valence-corrected chi connectivity index (χ0v) is 14.1. The van der Waals surface area contributed by atoms with Gasteiger partial charge in [-0.2, -0.15) is 0 Å². The Morgan fingerprint density at radius 3 is 2.88 bits per heavy atom. The third-order valence-electron chi connectivity index (χ3n) is 5.92. The van der Waals surface area contributed by atoms with Gasteiger partial charge in [-0.05, 0) is 36.4 Å². The Bertz CT molecular complexity index is 688. The summed E-state index contributed by atoms with van der Waals surface area (Å²) in [7, 11) is 0. The molecule has 8 heteroatoms. The fourth-order valence-corrected chi connectivity index (χ4v) is 4.40. The molecule has 24 heavy (non-hydrogen) atoms. The largest absolute Gasteiger partial charge is 0.367 e. The van der Waals surface area contributed by atoms with Gasteiger partial charge in [-0.15, -0.1) is 0 Å². The second-order valence-corrected chi connectivity index (χ2v) is 7.49. The van der Waals surface area contributed by atoms with Crippen molar-refractivity contribution >= 4 is 23.3 Å². The summed E-state index contributed by atoms with van der Waals surface area (Å²) in [5, 5.41) is 3.49. The van der Waals surface area contributed by atoms with Crippen molar-refractivity contribution in [2.45, 2.75) is 38.2 Å². The Labute approximate surface area is 143 Å². The number of carbonyl (C=O) groups excluding carboxylic acids is 1. The molecule has 4 atom stereocenters. The number of fused-ring (bicyclic) bond motifs is 1. The highest BCUT2D eigenvalue weighted by Crippen LogP contribution is 2.64. The van der Waals surface area contributed by atoms with Crippen LogP contribution in [-0.2, 0) is 4.79 Å². The van der Waals surface area contributed by atoms with Gasteiger partial charge in [0.25, 0.3) is 5.92 Å². The van der Waals surface area contributed by atoms with E-state index in [1.165, 1.54) is 0 Å². The molecule has 0 spiro atoms. The van der Waals surface area contributed by atoms with Crippen molar-refractivity contribution in [3.8, 4) is 0 Å². The zero-order chi connectivity index (χ0) is 17.1. The van der Waals surface area contributed by atoms with Crippen LogP contribution >= 0.6 is 11.6 Å². The molecule has 1 aromatic rings. The van der Waals surface area contributed by atoms with Crippen LogP contribution in [0.5, 0.6) is 0 Å². The van der Waals surface area contributed by atoms with Crippen molar-refractivity contribution in [3.63, 3.8) is 0 Å². The molecule has 2 heterocycles. The maximum Gasteiger partial charge on any atom is 0.263 e. The van der Waals surface area contributed by atoms with Crippen LogP contribution < -0.4 is 5.32 Å². The molecule has 0 radical (unpaired) electrons. The van der Waals surface area contributed by atoms with E-state index in [4.69, 9.17) is 11.6 Å². The molecule has 5 nitrogen and oxygen atoms in total. The molecule has 3 fully saturated rings. The van der Waals surface area contributed by atoms with E-state index in [1.807, 2.05) is 0 Å². The number of hydrogen-bond acceptors (Lipinski definition) is 4. The molecule has 4 unspecified atom stereocenters. The number of anilines is 1. The van der Waals surface area contributed by atoms with Crippen molar-refractivity contribution < 1.29 is 13.6 Å². The molecular formula is C16H19ClF2N4O. The van der Waals surface area contributed by atoms with Crippen molar-refractivity contribution in [2.75, 3.05) is 18.4 Å². The summed E-state index contributed by atoms with van der Waals surface area (Å²) in [5.41, 5.74) is -1.44. The standard InChI is InChI=1S/C16H19ClF2N4O/c1-2-15(8-16(15,18)19)13(24)23-6-9-5-11(10(9)7-23)21-12-3-4-20-14(17)22-12/h3-4,9-11H,2,5-8H2,1H3,(H,20,21,22). The third-order valence-corrected chi connectivity index (χ3v) is 6.11. The number of nitrogens with one attached hydrogen (secondary N) is 1. The van der Waals surface area contributed by atoms with Gasteiger partial charge in [0.2, 0.25) is 11.2 Å². The van der Waals surface area contributed by atoms with Gasteiger partial charge in [0.05, 0.1) is 0 Å². The number of aromatic nitrogens is 2. The summed E-state index contributed by atoms with van der Waals surface area (Å²) in [6, 6.07) is 1.93. The Morgan fingerprint density at radius 2 is 2.25 bits per heavy atom. The molecule has 4 rings (SSSR count). The lowest BCUT2D eigenvalue weighted by atomic mass is 9.71. The summed E-state index contributed by atoms with van der Waals surface area (Å²) in [6.07, 6.45) is 2.39. The van der Waals surface area contributed by atoms with Gasteiger partial charge < -0.3 is 10.2 Å². The predicted octanol–water partition coefficient (Wildman–Crippen LogP) is 2.82. The molecule has 3 aliphatic rings. The van der Waals surface area contributed by atoms with Crippen LogP contribution in [0.3, 0.4) is 0 Å². The first-order valence-electron chi connectivity index (χ1n) is 8.28. The third kappa shape index (κ3) is 2.28. The Morgan fingerprint density at radius 1 is 1.50 bits per heavy atom. The Kier molecular flexibility index (Phi) is 3.50. The van der Waals surface area contributed by atoms with Gasteiger partial charge in [-0.25, -0.2) is 18.7 Å². The lowest BCUT2D eigenvalue weighted by molar-refractivity contribution is -0.140. The van der Waals surface area contributed by atoms with E-state index in [9.17, 15) is 13.6 Å². The Balaban J connectivity index is 1.40. The highest BCUT2D eigenvalue weighted by Gasteiger charge is 2.75. The SMILES string of the molecule is CCC1(C(=O)N2CC3CC(Nc4ccnc(Cl)n4)C3C2)CC1(F)F. The molecule has 1 aliphatic heterocycles. The molecule has 2 aliphatic carbocycles. The van der Waals surface area contributed by atoms with E-state index in [0.717, 1.165) is 6.42 Å². The van der Waals surface area contributed by atoms with E-state index in [-0.39, 0.29) is 36.0 Å². The van der Waals surface area contributed by atoms with Crippen molar-refractivity contribution in [1.29, 1.82) is 0 Å². The zero-order valence-electron chi connectivity index (χ0n) is 13.3. The fourth-order valence-electron chi connectivity index (χ4n) is 4.25. The first kappa shape index (κ1) is 16.0. The van der Waals surface area contributed by atoms with Gasteiger partial charge in [0.1, 0.15) is 11.2 Å². The summed E-state index contributed by atoms with van der Waals surface area (Å²) in [5.74, 6) is -1.89. The molecule has 2 saturated carbocycles. The number of halogens is 3. The summed E-state index contributed by atoms with van der Waals surface area (Å²) in [4.78, 5) is 22.2. The van der Waals surface area contributed by atoms with Gasteiger partial charge in [0.15, 0.2) is 0 Å². The molecule has 1 saturated heterocycles. The lowest BCUT2D eigenvalue weighted by Crippen LogP contribution is -2.45. The van der Waals surface area contributed by atoms with E-state index >= 15 is 0 Å². The molecule has 1 aromatic heterocycles. The minimum atomic E-state index is -2.84. The summed E-state index contributed by atoms with van der Waals surface area (Å²) < 4.78 is 27.4. The van der Waals surface area contributed by atoms with Crippen LogP contribution in [0.1, 0.15) is 26.2 Å². The van der Waals surface area contributed by atoms with Crippen LogP contribution in [0.2, 0.25) is 5.28 Å². The lowest BCUT2D eigenvalue weighted by Gasteiger charge is -2.39. The topological polar surface area (TPSA) is 58.1 Å². The van der Waals surface area contributed by atoms with Crippen molar-refractivity contribution in [1.82, 2.24) is 14.9 Å². The number of nitrogens with zero attached hydrogens (tertiary/aromatic N) is 3. The Hall–Kier alpha value is -1.50. The molecule has 1 N–H and O–H groups in total. The quantitative estimate of drug-likeness (QED) is 0.843. The molecule has 0 bridgehead atoms. The minimum Gasteiger partial charge on any atom is -0.367 e. The first-order chi connectivity index (χ1) is 11.4. The van der Waals surface area contributed by atoms with Gasteiger partial charge in [-0.1, -0.05) is 6.92 Å². The first-order valence-corrected chi connectivity index (χ1v) is 8.66. The van der Waals surface area contributed by atoms with Crippen molar-refractivity contribution in [2.24, 2.45) is 17.3 Å². The summed E-state index contributed by atoms with van der Waals surface area (Å²) in [6.45, 7) is 2.80. The number of amides is 1. The number of likely N-dealkylation sites (tertiary alicyclic amines) is 1. The van der Waals surface area contributed by atoms with Crippen LogP contribution in [-0.4, -0.2) is 45.8 Å². The second kappa shape index (κ2) is 5.25. The van der Waals surface area contributed by atoms with Gasteiger partial charge >= 0.3 is 0 Å². The molecular weight excluding hydrogens is 338 g/mol. The van der Waals surface area contributed by atoms with Crippen LogP contribution in [0.15, 0.2) is 12.3 Å². The van der Waals surface area contributed by atoms with Crippen LogP contribution in [0, 0.1) is 17.3 Å². The predicted molar refractivity (Wildman–Crippen MR) is 84.9 cm³/mol. The van der Waals surface area contributed by atoms with Crippen molar-refractivity contribution in [3.05, 3.63) is 17.5 Å². The maximum absolute atomic E-state index is 13.7. The monoisotopic (exact) mass is 356 g/mol. The van der Waals surface area contributed by atoms with Gasteiger partial charge in [0, 0.05) is 37.7 Å². The van der Waals surface area contributed by atoms with Crippen LogP contribution in [0.25, 0.3) is 0 Å². The highest BCUT2D eigenvalue weighted by molar-refractivity contribution is 6.28. The number of alkyl halides is 2. The highest BCUT2D eigenvalue weighted by atomic mass is 35.5. The minimum absolute atomic E-state index is 0.181.